The summed E-state index contributed by atoms with van der Waals surface area (Å²) >= 11 is 1.64. The van der Waals surface area contributed by atoms with Gasteiger partial charge in [0, 0.05) is 11.1 Å². The molecule has 1 aromatic heterocycles. The van der Waals surface area contributed by atoms with Crippen molar-refractivity contribution in [2.45, 2.75) is 0 Å². The molecule has 0 saturated heterocycles. The SMILES string of the molecule is c1ccc(C2=NN(c3ccccc3)N(c3nc(-c4ccccc4)c(-c4ccccc4)s3)N2)cc1. The Balaban J connectivity index is 1.47. The summed E-state index contributed by atoms with van der Waals surface area (Å²) in [6.07, 6.45) is 0. The van der Waals surface area contributed by atoms with Crippen LogP contribution in [-0.2, 0) is 0 Å². The molecular weight excluding hydrogens is 438 g/mol. The number of hydrogen-bond donors (Lipinski definition) is 1. The molecule has 4 aromatic carbocycles. The third-order valence-corrected chi connectivity index (χ3v) is 6.59. The highest BCUT2D eigenvalue weighted by atomic mass is 32.1. The van der Waals surface area contributed by atoms with E-state index in [4.69, 9.17) is 10.1 Å². The number of hydrogen-bond acceptors (Lipinski definition) is 6. The Bertz CT molecular complexity index is 1360. The number of benzene rings is 4. The quantitative estimate of drug-likeness (QED) is 0.322. The lowest BCUT2D eigenvalue weighted by atomic mass is 10.1. The van der Waals surface area contributed by atoms with Gasteiger partial charge in [-0.2, -0.15) is 0 Å². The van der Waals surface area contributed by atoms with Gasteiger partial charge in [-0.3, -0.25) is 5.43 Å². The minimum Gasteiger partial charge on any atom is -0.256 e. The average molecular weight is 460 g/mol. The maximum atomic E-state index is 5.11. The minimum absolute atomic E-state index is 0.766. The monoisotopic (exact) mass is 459 g/mol. The minimum atomic E-state index is 0.766. The maximum Gasteiger partial charge on any atom is 0.228 e. The normalized spacial score (nSPS) is 13.0. The van der Waals surface area contributed by atoms with E-state index >= 15 is 0 Å². The first-order chi connectivity index (χ1) is 16.9. The summed E-state index contributed by atoms with van der Waals surface area (Å²) in [4.78, 5) is 6.23. The van der Waals surface area contributed by atoms with E-state index < -0.39 is 0 Å². The number of nitrogens with one attached hydrogen (secondary N) is 1. The summed E-state index contributed by atoms with van der Waals surface area (Å²) in [5.41, 5.74) is 8.60. The molecule has 2 heterocycles. The molecule has 0 bridgehead atoms. The summed E-state index contributed by atoms with van der Waals surface area (Å²) < 4.78 is 0. The number of anilines is 2. The zero-order valence-electron chi connectivity index (χ0n) is 18.2. The highest BCUT2D eigenvalue weighted by Gasteiger charge is 2.30. The number of amidine groups is 1. The molecule has 1 N–H and O–H groups in total. The van der Waals surface area contributed by atoms with Crippen molar-refractivity contribution in [2.75, 3.05) is 10.2 Å². The number of nitrogens with zero attached hydrogens (tertiary/aromatic N) is 4. The smallest absolute Gasteiger partial charge is 0.228 e. The van der Waals surface area contributed by atoms with Crippen LogP contribution in [-0.4, -0.2) is 10.8 Å². The van der Waals surface area contributed by atoms with Crippen LogP contribution in [0.4, 0.5) is 10.8 Å². The first-order valence-electron chi connectivity index (χ1n) is 11.0. The Morgan fingerprint density at radius 1 is 0.588 bits per heavy atom. The molecule has 0 aliphatic carbocycles. The summed E-state index contributed by atoms with van der Waals surface area (Å²) in [6.45, 7) is 0. The van der Waals surface area contributed by atoms with E-state index in [9.17, 15) is 0 Å². The van der Waals surface area contributed by atoms with Crippen LogP contribution in [0.5, 0.6) is 0 Å². The molecule has 0 radical (unpaired) electrons. The summed E-state index contributed by atoms with van der Waals surface area (Å²) in [6, 6.07) is 41.0. The van der Waals surface area contributed by atoms with E-state index in [1.165, 1.54) is 0 Å². The second kappa shape index (κ2) is 8.84. The van der Waals surface area contributed by atoms with Gasteiger partial charge >= 0.3 is 0 Å². The first kappa shape index (κ1) is 20.2. The van der Waals surface area contributed by atoms with Crippen molar-refractivity contribution < 1.29 is 0 Å². The van der Waals surface area contributed by atoms with E-state index in [1.54, 1.807) is 11.3 Å². The number of rotatable bonds is 5. The summed E-state index contributed by atoms with van der Waals surface area (Å²) in [5, 5.41) is 9.49. The fraction of sp³-hybridized carbons (Fsp3) is 0. The molecule has 164 valence electrons. The second-order valence-electron chi connectivity index (χ2n) is 7.77. The van der Waals surface area contributed by atoms with Crippen molar-refractivity contribution in [3.8, 4) is 21.7 Å². The van der Waals surface area contributed by atoms with Gasteiger partial charge in [0.25, 0.3) is 0 Å². The van der Waals surface area contributed by atoms with Crippen LogP contribution in [0.25, 0.3) is 21.7 Å². The van der Waals surface area contributed by atoms with Crippen LogP contribution in [0.1, 0.15) is 5.56 Å². The molecule has 0 unspecified atom stereocenters. The molecule has 6 rings (SSSR count). The number of hydrazine groups is 2. The van der Waals surface area contributed by atoms with Crippen molar-refractivity contribution in [1.29, 1.82) is 0 Å². The second-order valence-corrected chi connectivity index (χ2v) is 8.75. The molecular formula is C28H21N5S. The molecule has 1 aliphatic rings. The van der Waals surface area contributed by atoms with Gasteiger partial charge in [-0.25, -0.2) is 4.98 Å². The molecule has 0 saturated carbocycles. The van der Waals surface area contributed by atoms with Gasteiger partial charge in [-0.15, -0.1) is 15.3 Å². The first-order valence-corrected chi connectivity index (χ1v) is 11.9. The summed E-state index contributed by atoms with van der Waals surface area (Å²) in [7, 11) is 0. The predicted molar refractivity (Wildman–Crippen MR) is 141 cm³/mol. The van der Waals surface area contributed by atoms with Crippen LogP contribution in [0.15, 0.2) is 126 Å². The van der Waals surface area contributed by atoms with E-state index in [0.29, 0.717) is 0 Å². The van der Waals surface area contributed by atoms with Gasteiger partial charge in [0.05, 0.1) is 16.3 Å². The van der Waals surface area contributed by atoms with Crippen molar-refractivity contribution in [3.63, 3.8) is 0 Å². The highest BCUT2D eigenvalue weighted by Crippen LogP contribution is 2.41. The molecule has 0 spiro atoms. The third-order valence-electron chi connectivity index (χ3n) is 5.51. The zero-order valence-corrected chi connectivity index (χ0v) is 19.1. The number of para-hydroxylation sites is 1. The van der Waals surface area contributed by atoms with Crippen LogP contribution in [0, 0.1) is 0 Å². The van der Waals surface area contributed by atoms with E-state index in [1.807, 2.05) is 95.2 Å². The molecule has 0 amide bonds. The van der Waals surface area contributed by atoms with Crippen LogP contribution in [0.3, 0.4) is 0 Å². The zero-order chi connectivity index (χ0) is 22.7. The Kier molecular flexibility index (Phi) is 5.26. The lowest BCUT2D eigenvalue weighted by molar-refractivity contribution is 0.767. The fourth-order valence-corrected chi connectivity index (χ4v) is 4.91. The number of thiazole rings is 1. The van der Waals surface area contributed by atoms with Gasteiger partial charge in [-0.05, 0) is 17.7 Å². The van der Waals surface area contributed by atoms with Crippen LogP contribution in [0.2, 0.25) is 0 Å². The van der Waals surface area contributed by atoms with Crippen molar-refractivity contribution in [1.82, 2.24) is 10.4 Å². The molecule has 0 fully saturated rings. The molecule has 5 nitrogen and oxygen atoms in total. The van der Waals surface area contributed by atoms with Crippen molar-refractivity contribution in [3.05, 3.63) is 127 Å². The topological polar surface area (TPSA) is 43.8 Å². The number of hydrazone groups is 1. The lowest BCUT2D eigenvalue weighted by Gasteiger charge is -2.25. The molecule has 5 aromatic rings. The number of aromatic nitrogens is 1. The van der Waals surface area contributed by atoms with Crippen molar-refractivity contribution in [2.24, 2.45) is 5.10 Å². The molecule has 0 atom stereocenters. The van der Waals surface area contributed by atoms with Gasteiger partial charge in [0.1, 0.15) is 0 Å². The fourth-order valence-electron chi connectivity index (χ4n) is 3.87. The van der Waals surface area contributed by atoms with Gasteiger partial charge < -0.3 is 0 Å². The Morgan fingerprint density at radius 3 is 1.74 bits per heavy atom. The Labute approximate surface area is 202 Å². The van der Waals surface area contributed by atoms with E-state index in [2.05, 4.69) is 41.8 Å². The third kappa shape index (κ3) is 3.80. The Morgan fingerprint density at radius 2 is 1.12 bits per heavy atom. The summed E-state index contributed by atoms with van der Waals surface area (Å²) in [5.74, 6) is 0.766. The molecule has 6 heteroatoms. The van der Waals surface area contributed by atoms with Gasteiger partial charge in [0.2, 0.25) is 5.13 Å². The largest absolute Gasteiger partial charge is 0.256 e. The molecule has 34 heavy (non-hydrogen) atoms. The van der Waals surface area contributed by atoms with E-state index in [-0.39, 0.29) is 0 Å². The van der Waals surface area contributed by atoms with Crippen molar-refractivity contribution >= 4 is 28.0 Å². The average Bonchev–Trinajstić information content (AvgIpc) is 3.56. The predicted octanol–water partition coefficient (Wildman–Crippen LogP) is 6.59. The standard InChI is InChI=1S/C28H21N5S/c1-5-13-21(14-6-1)25-26(22-15-7-2-8-16-22)34-28(29-25)33-31-27(23-17-9-3-10-18-23)30-32(33)24-19-11-4-12-20-24/h1-20H,(H,30,31). The van der Waals surface area contributed by atoms with Crippen LogP contribution >= 0.6 is 11.3 Å². The maximum absolute atomic E-state index is 5.11. The van der Waals surface area contributed by atoms with Gasteiger partial charge in [-0.1, -0.05) is 121 Å². The van der Waals surface area contributed by atoms with E-state index in [0.717, 1.165) is 43.9 Å². The van der Waals surface area contributed by atoms with Gasteiger partial charge in [0.15, 0.2) is 5.84 Å². The lowest BCUT2D eigenvalue weighted by Crippen LogP contribution is -2.44. The molecule has 1 aliphatic heterocycles. The van der Waals surface area contributed by atoms with Crippen LogP contribution < -0.4 is 15.7 Å². The highest BCUT2D eigenvalue weighted by molar-refractivity contribution is 7.19. The Hall–Kier alpha value is -4.42.